The Morgan fingerprint density at radius 2 is 1.85 bits per heavy atom. The number of benzene rings is 1. The van der Waals surface area contributed by atoms with E-state index in [1.54, 1.807) is 13.2 Å². The summed E-state index contributed by atoms with van der Waals surface area (Å²) in [6.07, 6.45) is 8.02. The third-order valence-electron chi connectivity index (χ3n) is 9.44. The number of ether oxygens (including phenoxy) is 3. The maximum Gasteiger partial charge on any atom is 0.411 e. The Bertz CT molecular complexity index is 1240. The zero-order valence-corrected chi connectivity index (χ0v) is 30.3. The van der Waals surface area contributed by atoms with Crippen LogP contribution in [0.1, 0.15) is 81.1 Å². The number of nitrogens with one attached hydrogen (secondary N) is 2. The molecular weight excluding hydrogens is 643 g/mol. The zero-order valence-electron chi connectivity index (χ0n) is 29.4. The maximum absolute atomic E-state index is 11.6. The first-order valence-corrected chi connectivity index (χ1v) is 17.9. The van der Waals surface area contributed by atoms with E-state index in [9.17, 15) is 22.8 Å². The first-order chi connectivity index (χ1) is 22.9. The molecule has 1 aromatic heterocycles. The predicted molar refractivity (Wildman–Crippen MR) is 187 cm³/mol. The van der Waals surface area contributed by atoms with Gasteiger partial charge < -0.3 is 24.8 Å². The van der Waals surface area contributed by atoms with Crippen molar-refractivity contribution in [2.45, 2.75) is 90.9 Å². The molecular formula is C36H56F3N3O5S. The molecule has 3 aliphatic rings. The van der Waals surface area contributed by atoms with E-state index in [4.69, 9.17) is 9.47 Å². The van der Waals surface area contributed by atoms with Gasteiger partial charge in [-0.05, 0) is 87.8 Å². The number of rotatable bonds is 12. The van der Waals surface area contributed by atoms with Gasteiger partial charge in [-0.25, -0.2) is 4.98 Å². The van der Waals surface area contributed by atoms with Crippen LogP contribution in [0, 0.1) is 36.5 Å². The normalized spacial score (nSPS) is 24.9. The molecule has 2 aliphatic carbocycles. The largest absolute Gasteiger partial charge is 0.496 e. The van der Waals surface area contributed by atoms with Gasteiger partial charge in [0.15, 0.2) is 6.29 Å². The molecule has 0 spiro atoms. The fraction of sp³-hybridized carbons (Fsp3) is 0.694. The summed E-state index contributed by atoms with van der Waals surface area (Å²) in [6, 6.07) is 3.90. The zero-order chi connectivity index (χ0) is 35.7. The standard InChI is InChI=1S/C10H9NO2S.C10H20O.C9H17N.C7H10F3NO2/c1-6-11-8-3-4-9(13-2)7(5-12)10(8)14-6;1-3-5-10-6-9(4-2)7-11-8-10;1-6-7-3-4-8(5-7)9(6)10-2;1-2-6(11-5-12)3-13-4-7(8,9)10/h3-5H,1-2H3;9-10H,3-8H2,1-2H3;6-10H,3-5H2,1-2H3;2,5-6H,1,3-4H2,(H,11,12). The van der Waals surface area contributed by atoms with E-state index in [0.717, 1.165) is 70.4 Å². The van der Waals surface area contributed by atoms with Crippen molar-refractivity contribution in [2.24, 2.45) is 29.6 Å². The molecule has 2 heterocycles. The van der Waals surface area contributed by atoms with E-state index in [-0.39, 0.29) is 6.61 Å². The van der Waals surface area contributed by atoms with Crippen LogP contribution in [0.15, 0.2) is 24.8 Å². The number of hydrogen-bond donors (Lipinski definition) is 2. The molecule has 1 saturated heterocycles. The van der Waals surface area contributed by atoms with Gasteiger partial charge in [0, 0.05) is 19.3 Å². The number of alkyl halides is 3. The average Bonchev–Trinajstić information content (AvgIpc) is 3.78. The number of amides is 1. The minimum Gasteiger partial charge on any atom is -0.496 e. The number of nitrogens with zero attached hydrogens (tertiary/aromatic N) is 1. The lowest BCUT2D eigenvalue weighted by Crippen LogP contribution is -2.36. The van der Waals surface area contributed by atoms with Crippen LogP contribution in [0.4, 0.5) is 13.2 Å². The molecule has 1 amide bonds. The Hall–Kier alpha value is -2.54. The van der Waals surface area contributed by atoms with E-state index in [0.29, 0.717) is 17.7 Å². The van der Waals surface area contributed by atoms with Crippen molar-refractivity contribution >= 4 is 34.2 Å². The molecule has 48 heavy (non-hydrogen) atoms. The van der Waals surface area contributed by atoms with Crippen molar-refractivity contribution < 1.29 is 37.0 Å². The van der Waals surface area contributed by atoms with E-state index in [1.807, 2.05) is 13.0 Å². The molecule has 2 aromatic rings. The molecule has 2 saturated carbocycles. The molecule has 2 N–H and O–H groups in total. The van der Waals surface area contributed by atoms with Crippen LogP contribution in [-0.2, 0) is 14.3 Å². The fourth-order valence-electron chi connectivity index (χ4n) is 6.95. The van der Waals surface area contributed by atoms with Crippen LogP contribution in [0.3, 0.4) is 0 Å². The van der Waals surface area contributed by atoms with Gasteiger partial charge in [0.1, 0.15) is 12.4 Å². The molecule has 1 aromatic carbocycles. The van der Waals surface area contributed by atoms with E-state index < -0.39 is 18.8 Å². The summed E-state index contributed by atoms with van der Waals surface area (Å²) in [5.74, 6) is 5.34. The minimum absolute atomic E-state index is 0.234. The van der Waals surface area contributed by atoms with Gasteiger partial charge in [0.05, 0.1) is 40.5 Å². The number of methoxy groups -OCH3 is 1. The molecule has 12 heteroatoms. The molecule has 5 rings (SSSR count). The second kappa shape index (κ2) is 21.5. The van der Waals surface area contributed by atoms with Crippen LogP contribution in [0.5, 0.6) is 5.75 Å². The Morgan fingerprint density at radius 1 is 1.15 bits per heavy atom. The highest BCUT2D eigenvalue weighted by molar-refractivity contribution is 7.18. The van der Waals surface area contributed by atoms with Crippen molar-refractivity contribution in [3.05, 3.63) is 35.4 Å². The van der Waals surface area contributed by atoms with Crippen LogP contribution < -0.4 is 15.4 Å². The number of fused-ring (bicyclic) bond motifs is 3. The number of hydrogen-bond acceptors (Lipinski definition) is 8. The van der Waals surface area contributed by atoms with Crippen LogP contribution in [-0.4, -0.2) is 76.5 Å². The second-order valence-corrected chi connectivity index (χ2v) is 14.0. The smallest absolute Gasteiger partial charge is 0.411 e. The third kappa shape index (κ3) is 13.4. The molecule has 8 nitrogen and oxygen atoms in total. The molecule has 0 radical (unpaired) electrons. The Kier molecular flexibility index (Phi) is 18.7. The van der Waals surface area contributed by atoms with Gasteiger partial charge in [-0.2, -0.15) is 13.2 Å². The molecule has 3 fully saturated rings. The first-order valence-electron chi connectivity index (χ1n) is 17.1. The van der Waals surface area contributed by atoms with Gasteiger partial charge in [-0.3, -0.25) is 9.59 Å². The molecule has 1 aliphatic heterocycles. The topological polar surface area (TPSA) is 98.8 Å². The average molecular weight is 700 g/mol. The summed E-state index contributed by atoms with van der Waals surface area (Å²) in [5.41, 5.74) is 1.45. The second-order valence-electron chi connectivity index (χ2n) is 12.8. The summed E-state index contributed by atoms with van der Waals surface area (Å²) in [6.45, 7) is 12.6. The van der Waals surface area contributed by atoms with Crippen molar-refractivity contribution in [3.63, 3.8) is 0 Å². The van der Waals surface area contributed by atoms with E-state index in [1.165, 1.54) is 62.4 Å². The number of aldehydes is 1. The lowest BCUT2D eigenvalue weighted by atomic mass is 9.86. The lowest BCUT2D eigenvalue weighted by molar-refractivity contribution is -0.174. The quantitative estimate of drug-likeness (QED) is 0.173. The minimum atomic E-state index is -4.34. The van der Waals surface area contributed by atoms with Crippen LogP contribution in [0.25, 0.3) is 10.2 Å². The van der Waals surface area contributed by atoms with Crippen LogP contribution >= 0.6 is 11.3 Å². The SMILES string of the molecule is C=CC(COCC(F)(F)F)NC=O.CCCC1COCC(CC)C1.CNC1C2CCC(C2)C1C.COc1ccc2nc(C)sc2c1C=O. The van der Waals surface area contributed by atoms with Gasteiger partial charge in [-0.15, -0.1) is 17.9 Å². The monoisotopic (exact) mass is 699 g/mol. The lowest BCUT2D eigenvalue weighted by Gasteiger charge is -2.28. The van der Waals surface area contributed by atoms with Gasteiger partial charge >= 0.3 is 6.18 Å². The number of thiazole rings is 1. The summed E-state index contributed by atoms with van der Waals surface area (Å²) >= 11 is 1.51. The first kappa shape index (κ1) is 41.6. The van der Waals surface area contributed by atoms with Crippen molar-refractivity contribution in [2.75, 3.05) is 40.6 Å². The van der Waals surface area contributed by atoms with Crippen molar-refractivity contribution in [3.8, 4) is 5.75 Å². The summed E-state index contributed by atoms with van der Waals surface area (Å²) in [7, 11) is 3.67. The number of aromatic nitrogens is 1. The van der Waals surface area contributed by atoms with Crippen molar-refractivity contribution in [1.29, 1.82) is 0 Å². The highest BCUT2D eigenvalue weighted by Gasteiger charge is 2.44. The third-order valence-corrected chi connectivity index (χ3v) is 10.5. The highest BCUT2D eigenvalue weighted by atomic mass is 32.1. The number of carbonyl (C=O) groups excluding carboxylic acids is 2. The van der Waals surface area contributed by atoms with Crippen LogP contribution in [0.2, 0.25) is 0 Å². The van der Waals surface area contributed by atoms with Gasteiger partial charge in [-0.1, -0.05) is 39.7 Å². The van der Waals surface area contributed by atoms with E-state index in [2.05, 4.69) is 54.8 Å². The highest BCUT2D eigenvalue weighted by Crippen LogP contribution is 2.48. The molecule has 2 bridgehead atoms. The summed E-state index contributed by atoms with van der Waals surface area (Å²) < 4.78 is 50.5. The van der Waals surface area contributed by atoms with Gasteiger partial charge in [0.2, 0.25) is 6.41 Å². The number of carbonyl (C=O) groups is 2. The van der Waals surface area contributed by atoms with Gasteiger partial charge in [0.25, 0.3) is 0 Å². The number of halogens is 3. The summed E-state index contributed by atoms with van der Waals surface area (Å²) in [4.78, 5) is 25.1. The van der Waals surface area contributed by atoms with Crippen molar-refractivity contribution in [1.82, 2.24) is 15.6 Å². The van der Waals surface area contributed by atoms with E-state index >= 15 is 0 Å². The molecule has 7 atom stereocenters. The fourth-order valence-corrected chi connectivity index (χ4v) is 7.86. The molecule has 7 unspecified atom stereocenters. The maximum atomic E-state index is 11.6. The number of aryl methyl sites for hydroxylation is 1. The molecule has 272 valence electrons. The summed E-state index contributed by atoms with van der Waals surface area (Å²) in [5, 5.41) is 6.63. The Morgan fingerprint density at radius 3 is 2.38 bits per heavy atom. The predicted octanol–water partition coefficient (Wildman–Crippen LogP) is 7.78. The Balaban J connectivity index is 0.000000224. The Labute approximate surface area is 288 Å².